The van der Waals surface area contributed by atoms with Gasteiger partial charge < -0.3 is 10.2 Å². The van der Waals surface area contributed by atoms with Crippen LogP contribution in [0.5, 0.6) is 0 Å². The number of halogens is 2. The van der Waals surface area contributed by atoms with E-state index in [-0.39, 0.29) is 10.8 Å². The Balaban J connectivity index is 3.69. The summed E-state index contributed by atoms with van der Waals surface area (Å²) in [5.74, 6) is -1.57. The van der Waals surface area contributed by atoms with E-state index in [2.05, 4.69) is 31.9 Å². The molecule has 4 nitrogen and oxygen atoms in total. The lowest BCUT2D eigenvalue weighted by atomic mass is 9.83. The summed E-state index contributed by atoms with van der Waals surface area (Å²) in [5, 5.41) is 18.2. The zero-order valence-corrected chi connectivity index (χ0v) is 19.9. The van der Waals surface area contributed by atoms with Gasteiger partial charge in [0.05, 0.1) is 0 Å². The molecule has 0 saturated heterocycles. The number of hydrogen-bond donors (Lipinski definition) is 2. The number of hydrogen-bond acceptors (Lipinski definition) is 2. The van der Waals surface area contributed by atoms with Crippen LogP contribution in [0.15, 0.2) is 0 Å². The minimum absolute atomic E-state index is 0.220. The smallest absolute Gasteiger partial charge is 0.317 e. The van der Waals surface area contributed by atoms with Crippen molar-refractivity contribution in [3.05, 3.63) is 0 Å². The van der Waals surface area contributed by atoms with Crippen LogP contribution in [0.25, 0.3) is 0 Å². The maximum absolute atomic E-state index is 11.1. The predicted octanol–water partition coefficient (Wildman–Crippen LogP) is 6.64. The Morgan fingerprint density at radius 1 is 0.654 bits per heavy atom. The molecule has 0 saturated carbocycles. The quantitative estimate of drug-likeness (QED) is 0.195. The molecule has 26 heavy (non-hydrogen) atoms. The molecule has 0 aliphatic rings. The van der Waals surface area contributed by atoms with Gasteiger partial charge in [0.1, 0.15) is 9.65 Å². The molecule has 0 aliphatic heterocycles. The van der Waals surface area contributed by atoms with Crippen molar-refractivity contribution in [2.24, 2.45) is 10.8 Å². The van der Waals surface area contributed by atoms with E-state index in [1.54, 1.807) is 0 Å². The number of aliphatic carboxylic acids is 2. The van der Waals surface area contributed by atoms with E-state index in [4.69, 9.17) is 10.2 Å². The second-order valence-corrected chi connectivity index (χ2v) is 10.5. The van der Waals surface area contributed by atoms with Gasteiger partial charge in [0.25, 0.3) is 0 Å². The van der Waals surface area contributed by atoms with Gasteiger partial charge >= 0.3 is 11.9 Å². The average Bonchev–Trinajstić information content (AvgIpc) is 2.54. The molecule has 2 N–H and O–H groups in total. The largest absolute Gasteiger partial charge is 0.480 e. The van der Waals surface area contributed by atoms with Gasteiger partial charge in [0.2, 0.25) is 0 Å². The Bertz CT molecular complexity index is 396. The van der Waals surface area contributed by atoms with Gasteiger partial charge in [-0.3, -0.25) is 9.59 Å². The minimum Gasteiger partial charge on any atom is -0.480 e. The fraction of sp³-hybridized carbons (Fsp3) is 0.900. The third-order valence-corrected chi connectivity index (χ3v) is 8.46. The molecular weight excluding hydrogens is 464 g/mol. The molecule has 0 unspecified atom stereocenters. The van der Waals surface area contributed by atoms with Gasteiger partial charge in [-0.1, -0.05) is 111 Å². The maximum atomic E-state index is 11.1. The highest BCUT2D eigenvalue weighted by molar-refractivity contribution is 9.10. The molecule has 6 heteroatoms. The van der Waals surface area contributed by atoms with Crippen LogP contribution in [0, 0.1) is 10.8 Å². The van der Waals surface area contributed by atoms with Crippen molar-refractivity contribution < 1.29 is 19.8 Å². The molecule has 154 valence electrons. The summed E-state index contributed by atoms with van der Waals surface area (Å²) in [6.07, 6.45) is 11.1. The predicted molar refractivity (Wildman–Crippen MR) is 114 cm³/mol. The highest BCUT2D eigenvalue weighted by Gasteiger charge is 2.33. The van der Waals surface area contributed by atoms with E-state index in [0.29, 0.717) is 0 Å². The fourth-order valence-corrected chi connectivity index (χ4v) is 3.60. The Hall–Kier alpha value is -0.100. The van der Waals surface area contributed by atoms with Crippen LogP contribution in [0.4, 0.5) is 0 Å². The van der Waals surface area contributed by atoms with E-state index in [0.717, 1.165) is 38.5 Å². The Kier molecular flexibility index (Phi) is 12.3. The summed E-state index contributed by atoms with van der Waals surface area (Å²) in [5.41, 5.74) is -0.441. The van der Waals surface area contributed by atoms with Crippen LogP contribution in [0.3, 0.4) is 0 Å². The number of carboxylic acids is 2. The first-order valence-corrected chi connectivity index (χ1v) is 11.5. The van der Waals surface area contributed by atoms with Gasteiger partial charge in [-0.2, -0.15) is 0 Å². The molecule has 0 fully saturated rings. The van der Waals surface area contributed by atoms with Crippen molar-refractivity contribution in [3.8, 4) is 0 Å². The van der Waals surface area contributed by atoms with Crippen LogP contribution < -0.4 is 0 Å². The number of unbranched alkanes of at least 4 members (excludes halogenated alkanes) is 7. The van der Waals surface area contributed by atoms with Crippen molar-refractivity contribution in [1.82, 2.24) is 0 Å². The Labute approximate surface area is 175 Å². The SMILES string of the molecule is CC(C)(CCCCCCCCCCC(C)(C)[C@H](Br)C(=O)O)[C@H](Br)C(=O)O. The molecule has 0 radical (unpaired) electrons. The topological polar surface area (TPSA) is 74.6 Å². The molecule has 0 aromatic heterocycles. The van der Waals surface area contributed by atoms with E-state index in [1.807, 2.05) is 27.7 Å². The first-order valence-electron chi connectivity index (χ1n) is 9.65. The van der Waals surface area contributed by atoms with E-state index in [9.17, 15) is 9.59 Å². The fourth-order valence-electron chi connectivity index (χ4n) is 3.14. The van der Waals surface area contributed by atoms with E-state index >= 15 is 0 Å². The Morgan fingerprint density at radius 2 is 0.885 bits per heavy atom. The van der Waals surface area contributed by atoms with Crippen molar-refractivity contribution in [2.45, 2.75) is 102 Å². The van der Waals surface area contributed by atoms with E-state index < -0.39 is 21.6 Å². The molecular formula is C20H36Br2O4. The number of carboxylic acid groups (broad SMARTS) is 2. The minimum atomic E-state index is -0.784. The van der Waals surface area contributed by atoms with Gasteiger partial charge in [-0.25, -0.2) is 0 Å². The zero-order chi connectivity index (χ0) is 20.4. The second kappa shape index (κ2) is 12.4. The van der Waals surface area contributed by atoms with Gasteiger partial charge in [0.15, 0.2) is 0 Å². The third kappa shape index (κ3) is 10.3. The molecule has 0 bridgehead atoms. The number of carbonyl (C=O) groups is 2. The normalized spacial score (nSPS) is 14.8. The second-order valence-electron chi connectivity index (χ2n) is 8.71. The standard InChI is InChI=1S/C20H36Br2O4/c1-19(2,15(21)17(23)24)13-11-9-7-5-6-8-10-12-14-20(3,4)16(22)18(25)26/h15-16H,5-14H2,1-4H3,(H,23,24)(H,25,26)/t15-,16-/m1/s1. The van der Waals surface area contributed by atoms with Crippen molar-refractivity contribution in [3.63, 3.8) is 0 Å². The summed E-state index contributed by atoms with van der Waals surface area (Å²) in [6, 6.07) is 0. The summed E-state index contributed by atoms with van der Waals surface area (Å²) in [4.78, 5) is 21.1. The van der Waals surface area contributed by atoms with E-state index in [1.165, 1.54) is 25.7 Å². The molecule has 0 rings (SSSR count). The lowest BCUT2D eigenvalue weighted by Gasteiger charge is -2.27. The summed E-state index contributed by atoms with van der Waals surface area (Å²) < 4.78 is 0. The first-order chi connectivity index (χ1) is 11.9. The highest BCUT2D eigenvalue weighted by atomic mass is 79.9. The molecule has 0 aromatic rings. The molecule has 0 spiro atoms. The third-order valence-electron chi connectivity index (χ3n) is 5.20. The number of alkyl halides is 2. The molecule has 0 heterocycles. The lowest BCUT2D eigenvalue weighted by molar-refractivity contribution is -0.139. The van der Waals surface area contributed by atoms with Crippen LogP contribution in [-0.2, 0) is 9.59 Å². The summed E-state index contributed by atoms with van der Waals surface area (Å²) in [7, 11) is 0. The van der Waals surface area contributed by atoms with Crippen molar-refractivity contribution >= 4 is 43.8 Å². The lowest BCUT2D eigenvalue weighted by Crippen LogP contribution is -2.31. The average molecular weight is 500 g/mol. The van der Waals surface area contributed by atoms with Crippen LogP contribution >= 0.6 is 31.9 Å². The molecule has 2 atom stereocenters. The molecule has 0 aromatic carbocycles. The van der Waals surface area contributed by atoms with Crippen molar-refractivity contribution in [1.29, 1.82) is 0 Å². The number of rotatable bonds is 15. The van der Waals surface area contributed by atoms with Crippen LogP contribution in [-0.4, -0.2) is 31.8 Å². The Morgan fingerprint density at radius 3 is 1.12 bits per heavy atom. The summed E-state index contributed by atoms with van der Waals surface area (Å²) in [6.45, 7) is 8.02. The zero-order valence-electron chi connectivity index (χ0n) is 16.7. The van der Waals surface area contributed by atoms with Crippen LogP contribution in [0.1, 0.15) is 91.9 Å². The molecule has 0 aliphatic carbocycles. The highest BCUT2D eigenvalue weighted by Crippen LogP contribution is 2.34. The summed E-state index contributed by atoms with van der Waals surface area (Å²) >= 11 is 6.55. The van der Waals surface area contributed by atoms with Gasteiger partial charge in [0, 0.05) is 0 Å². The maximum Gasteiger partial charge on any atom is 0.317 e. The first kappa shape index (κ1) is 25.9. The van der Waals surface area contributed by atoms with Gasteiger partial charge in [-0.15, -0.1) is 0 Å². The van der Waals surface area contributed by atoms with Crippen LogP contribution in [0.2, 0.25) is 0 Å². The van der Waals surface area contributed by atoms with Crippen molar-refractivity contribution in [2.75, 3.05) is 0 Å². The monoisotopic (exact) mass is 498 g/mol. The molecule has 0 amide bonds. The van der Waals surface area contributed by atoms with Gasteiger partial charge in [-0.05, 0) is 23.7 Å².